The summed E-state index contributed by atoms with van der Waals surface area (Å²) in [6, 6.07) is 12.0. The lowest BCUT2D eigenvalue weighted by Gasteiger charge is -2.04. The van der Waals surface area contributed by atoms with Gasteiger partial charge in [-0.05, 0) is 48.0 Å². The number of aromatic amines is 1. The number of aromatic nitrogens is 2. The van der Waals surface area contributed by atoms with Gasteiger partial charge in [0.05, 0.1) is 12.8 Å². The minimum absolute atomic E-state index is 0.00437. The minimum atomic E-state index is -0.687. The van der Waals surface area contributed by atoms with E-state index >= 15 is 0 Å². The second kappa shape index (κ2) is 7.12. The van der Waals surface area contributed by atoms with Gasteiger partial charge in [0, 0.05) is 18.2 Å². The minimum Gasteiger partial charge on any atom is -0.497 e. The van der Waals surface area contributed by atoms with Crippen molar-refractivity contribution >= 4 is 5.91 Å². The van der Waals surface area contributed by atoms with Crippen LogP contribution in [0.5, 0.6) is 5.75 Å². The van der Waals surface area contributed by atoms with Crippen molar-refractivity contribution in [3.8, 4) is 17.0 Å². The summed E-state index contributed by atoms with van der Waals surface area (Å²) in [5, 5.41) is 9.34. The lowest BCUT2D eigenvalue weighted by Crippen LogP contribution is -2.23. The summed E-state index contributed by atoms with van der Waals surface area (Å²) in [6.07, 6.45) is 0. The standard InChI is InChI=1S/C18H15F2N3O2/c1-25-15-4-2-12(3-5-15)16-9-17(23-22-16)18(24)21-10-11-6-13(19)8-14(20)7-11/h2-9H,10H2,1H3,(H,21,24)(H,22,23). The third-order valence-electron chi connectivity index (χ3n) is 3.58. The molecule has 0 fully saturated rings. The van der Waals surface area contributed by atoms with Gasteiger partial charge in [0.1, 0.15) is 23.1 Å². The monoisotopic (exact) mass is 343 g/mol. The maximum atomic E-state index is 13.1. The van der Waals surface area contributed by atoms with E-state index in [4.69, 9.17) is 4.74 Å². The molecule has 0 unspecified atom stereocenters. The molecule has 25 heavy (non-hydrogen) atoms. The van der Waals surface area contributed by atoms with E-state index in [-0.39, 0.29) is 12.2 Å². The number of nitrogens with zero attached hydrogens (tertiary/aromatic N) is 1. The Morgan fingerprint density at radius 1 is 1.12 bits per heavy atom. The van der Waals surface area contributed by atoms with Crippen molar-refractivity contribution in [1.29, 1.82) is 0 Å². The predicted octanol–water partition coefficient (Wildman–Crippen LogP) is 3.29. The van der Waals surface area contributed by atoms with Gasteiger partial charge in [-0.15, -0.1) is 0 Å². The molecule has 0 aliphatic heterocycles. The maximum absolute atomic E-state index is 13.1. The Morgan fingerprint density at radius 3 is 2.44 bits per heavy atom. The van der Waals surface area contributed by atoms with Crippen molar-refractivity contribution in [2.45, 2.75) is 6.54 Å². The van der Waals surface area contributed by atoms with E-state index in [1.165, 1.54) is 12.1 Å². The van der Waals surface area contributed by atoms with E-state index in [9.17, 15) is 13.6 Å². The fourth-order valence-electron chi connectivity index (χ4n) is 2.34. The Labute approximate surface area is 142 Å². The molecule has 1 aromatic heterocycles. The summed E-state index contributed by atoms with van der Waals surface area (Å²) in [5.41, 5.74) is 2.01. The van der Waals surface area contributed by atoms with Crippen LogP contribution in [-0.2, 0) is 6.54 Å². The third kappa shape index (κ3) is 4.00. The predicted molar refractivity (Wildman–Crippen MR) is 88.1 cm³/mol. The lowest BCUT2D eigenvalue weighted by atomic mass is 10.1. The van der Waals surface area contributed by atoms with Gasteiger partial charge in [-0.2, -0.15) is 5.10 Å². The molecule has 0 spiro atoms. The van der Waals surface area contributed by atoms with Gasteiger partial charge in [-0.1, -0.05) is 0 Å². The smallest absolute Gasteiger partial charge is 0.269 e. The lowest BCUT2D eigenvalue weighted by molar-refractivity contribution is 0.0945. The molecule has 0 saturated carbocycles. The van der Waals surface area contributed by atoms with E-state index < -0.39 is 17.5 Å². The summed E-state index contributed by atoms with van der Waals surface area (Å²) >= 11 is 0. The van der Waals surface area contributed by atoms with Gasteiger partial charge in [0.2, 0.25) is 0 Å². The zero-order chi connectivity index (χ0) is 17.8. The molecule has 1 heterocycles. The fraction of sp³-hybridized carbons (Fsp3) is 0.111. The highest BCUT2D eigenvalue weighted by atomic mass is 19.1. The molecule has 3 aromatic rings. The number of hydrogen-bond acceptors (Lipinski definition) is 3. The molecule has 7 heteroatoms. The summed E-state index contributed by atoms with van der Waals surface area (Å²) in [7, 11) is 1.58. The summed E-state index contributed by atoms with van der Waals surface area (Å²) < 4.78 is 31.4. The van der Waals surface area contributed by atoms with Crippen LogP contribution in [-0.4, -0.2) is 23.2 Å². The molecule has 128 valence electrons. The highest BCUT2D eigenvalue weighted by Crippen LogP contribution is 2.21. The number of carbonyl (C=O) groups is 1. The first kappa shape index (κ1) is 16.6. The molecule has 0 radical (unpaired) electrons. The van der Waals surface area contributed by atoms with Crippen LogP contribution in [0.15, 0.2) is 48.5 Å². The van der Waals surface area contributed by atoms with Crippen molar-refractivity contribution < 1.29 is 18.3 Å². The normalized spacial score (nSPS) is 10.5. The SMILES string of the molecule is COc1ccc(-c2cc(C(=O)NCc3cc(F)cc(F)c3)[nH]n2)cc1. The molecular formula is C18H15F2N3O2. The van der Waals surface area contributed by atoms with Crippen LogP contribution >= 0.6 is 0 Å². The Bertz CT molecular complexity index is 871. The molecular weight excluding hydrogens is 328 g/mol. The Hall–Kier alpha value is -3.22. The Kier molecular flexibility index (Phi) is 4.74. The summed E-state index contributed by atoms with van der Waals surface area (Å²) in [6.45, 7) is 0.00437. The van der Waals surface area contributed by atoms with E-state index in [1.54, 1.807) is 25.3 Å². The molecule has 0 atom stereocenters. The van der Waals surface area contributed by atoms with Gasteiger partial charge in [0.25, 0.3) is 5.91 Å². The van der Waals surface area contributed by atoms with Crippen molar-refractivity contribution in [3.05, 3.63) is 71.4 Å². The molecule has 0 aliphatic carbocycles. The number of amides is 1. The van der Waals surface area contributed by atoms with E-state index in [0.29, 0.717) is 11.3 Å². The number of rotatable bonds is 5. The first-order chi connectivity index (χ1) is 12.0. The van der Waals surface area contributed by atoms with Crippen LogP contribution in [0.2, 0.25) is 0 Å². The second-order valence-corrected chi connectivity index (χ2v) is 5.36. The number of benzene rings is 2. The summed E-state index contributed by atoms with van der Waals surface area (Å²) in [5.74, 6) is -1.07. The molecule has 2 N–H and O–H groups in total. The highest BCUT2D eigenvalue weighted by Gasteiger charge is 2.11. The zero-order valence-electron chi connectivity index (χ0n) is 13.3. The molecule has 2 aromatic carbocycles. The topological polar surface area (TPSA) is 67.0 Å². The average Bonchev–Trinajstić information content (AvgIpc) is 3.09. The number of halogens is 2. The van der Waals surface area contributed by atoms with Gasteiger partial charge < -0.3 is 10.1 Å². The molecule has 0 saturated heterocycles. The maximum Gasteiger partial charge on any atom is 0.269 e. The first-order valence-electron chi connectivity index (χ1n) is 7.48. The van der Waals surface area contributed by atoms with Crippen LogP contribution in [0.1, 0.15) is 16.1 Å². The third-order valence-corrected chi connectivity index (χ3v) is 3.58. The number of nitrogens with one attached hydrogen (secondary N) is 2. The van der Waals surface area contributed by atoms with Crippen molar-refractivity contribution in [2.24, 2.45) is 0 Å². The van der Waals surface area contributed by atoms with E-state index in [0.717, 1.165) is 17.4 Å². The van der Waals surface area contributed by atoms with Crippen molar-refractivity contribution in [2.75, 3.05) is 7.11 Å². The van der Waals surface area contributed by atoms with Crippen molar-refractivity contribution in [3.63, 3.8) is 0 Å². The zero-order valence-corrected chi connectivity index (χ0v) is 13.3. The Balaban J connectivity index is 1.67. The van der Waals surface area contributed by atoms with Crippen LogP contribution in [0.4, 0.5) is 8.78 Å². The number of hydrogen-bond donors (Lipinski definition) is 2. The van der Waals surface area contributed by atoms with Crippen molar-refractivity contribution in [1.82, 2.24) is 15.5 Å². The van der Waals surface area contributed by atoms with Gasteiger partial charge in [-0.25, -0.2) is 8.78 Å². The second-order valence-electron chi connectivity index (χ2n) is 5.36. The quantitative estimate of drug-likeness (QED) is 0.747. The number of carbonyl (C=O) groups excluding carboxylic acids is 1. The van der Waals surface area contributed by atoms with Gasteiger partial charge >= 0.3 is 0 Å². The summed E-state index contributed by atoms with van der Waals surface area (Å²) in [4.78, 5) is 12.1. The first-order valence-corrected chi connectivity index (χ1v) is 7.48. The van der Waals surface area contributed by atoms with Crippen LogP contribution in [0, 0.1) is 11.6 Å². The van der Waals surface area contributed by atoms with E-state index in [2.05, 4.69) is 15.5 Å². The van der Waals surface area contributed by atoms with Crippen LogP contribution < -0.4 is 10.1 Å². The van der Waals surface area contributed by atoms with Crippen LogP contribution in [0.25, 0.3) is 11.3 Å². The fourth-order valence-corrected chi connectivity index (χ4v) is 2.34. The highest BCUT2D eigenvalue weighted by molar-refractivity contribution is 5.93. The molecule has 1 amide bonds. The number of H-pyrrole nitrogens is 1. The largest absolute Gasteiger partial charge is 0.497 e. The average molecular weight is 343 g/mol. The number of methoxy groups -OCH3 is 1. The Morgan fingerprint density at radius 2 is 1.80 bits per heavy atom. The van der Waals surface area contributed by atoms with E-state index in [1.807, 2.05) is 12.1 Å². The van der Waals surface area contributed by atoms with Crippen LogP contribution in [0.3, 0.4) is 0 Å². The molecule has 3 rings (SSSR count). The van der Waals surface area contributed by atoms with Gasteiger partial charge in [0.15, 0.2) is 0 Å². The van der Waals surface area contributed by atoms with Gasteiger partial charge in [-0.3, -0.25) is 9.89 Å². The molecule has 0 bridgehead atoms. The number of ether oxygens (including phenoxy) is 1. The molecule has 0 aliphatic rings. The molecule has 5 nitrogen and oxygen atoms in total.